The highest BCUT2D eigenvalue weighted by Crippen LogP contribution is 2.47. The Morgan fingerprint density at radius 3 is 2.57 bits per heavy atom. The van der Waals surface area contributed by atoms with Crippen LogP contribution in [0.3, 0.4) is 0 Å². The van der Waals surface area contributed by atoms with Crippen molar-refractivity contribution in [3.8, 4) is 0 Å². The third-order valence-electron chi connectivity index (χ3n) is 5.69. The van der Waals surface area contributed by atoms with E-state index >= 15 is 0 Å². The summed E-state index contributed by atoms with van der Waals surface area (Å²) in [6.45, 7) is 1.80. The number of pyridine rings is 1. The van der Waals surface area contributed by atoms with E-state index in [1.807, 2.05) is 0 Å². The van der Waals surface area contributed by atoms with Crippen molar-refractivity contribution in [1.82, 2.24) is 15.0 Å². The lowest BCUT2D eigenvalue weighted by atomic mass is 9.77. The van der Waals surface area contributed by atoms with Crippen LogP contribution in [0.25, 0.3) is 0 Å². The number of rotatable bonds is 3. The van der Waals surface area contributed by atoms with Crippen molar-refractivity contribution in [2.75, 3.05) is 29.5 Å². The summed E-state index contributed by atoms with van der Waals surface area (Å²) < 4.78 is 0. The second-order valence-corrected chi connectivity index (χ2v) is 9.32. The van der Waals surface area contributed by atoms with Crippen molar-refractivity contribution < 1.29 is 5.11 Å². The Balaban J connectivity index is 1.47. The summed E-state index contributed by atoms with van der Waals surface area (Å²) in [5.41, 5.74) is 12.2. The normalized spacial score (nSPS) is 21.4. The fourth-order valence-electron chi connectivity index (χ4n) is 4.13. The predicted octanol–water partition coefficient (Wildman–Crippen LogP) is 3.63. The van der Waals surface area contributed by atoms with Gasteiger partial charge in [-0.3, -0.25) is 0 Å². The van der Waals surface area contributed by atoms with Crippen LogP contribution in [-0.4, -0.2) is 39.3 Å². The third kappa shape index (κ3) is 3.96. The van der Waals surface area contributed by atoms with Gasteiger partial charge in [0.25, 0.3) is 0 Å². The Bertz CT molecular complexity index is 891. The van der Waals surface area contributed by atoms with Gasteiger partial charge in [0.2, 0.25) is 0 Å². The van der Waals surface area contributed by atoms with Gasteiger partial charge in [-0.1, -0.05) is 35.0 Å². The number of anilines is 3. The lowest BCUT2D eigenvalue weighted by Crippen LogP contribution is -2.39. The molecule has 0 radical (unpaired) electrons. The molecule has 2 aromatic rings. The van der Waals surface area contributed by atoms with Gasteiger partial charge < -0.3 is 21.5 Å². The van der Waals surface area contributed by atoms with Crippen molar-refractivity contribution in [1.29, 1.82) is 0 Å². The fourth-order valence-corrected chi connectivity index (χ4v) is 5.42. The largest absolute Gasteiger partial charge is 0.393 e. The van der Waals surface area contributed by atoms with Gasteiger partial charge in [-0.2, -0.15) is 0 Å². The van der Waals surface area contributed by atoms with E-state index in [2.05, 4.69) is 19.9 Å². The van der Waals surface area contributed by atoms with E-state index in [-0.39, 0.29) is 17.1 Å². The molecule has 0 unspecified atom stereocenters. The Hall–Kier alpha value is -1.48. The molecule has 10 heteroatoms. The molecule has 0 bridgehead atoms. The number of nitrogen functional groups attached to an aromatic ring is 2. The van der Waals surface area contributed by atoms with Gasteiger partial charge >= 0.3 is 0 Å². The summed E-state index contributed by atoms with van der Waals surface area (Å²) in [5.74, 6) is 1.38. The van der Waals surface area contributed by atoms with Crippen LogP contribution in [0.4, 0.5) is 17.5 Å². The van der Waals surface area contributed by atoms with Gasteiger partial charge in [-0.15, -0.1) is 0 Å². The van der Waals surface area contributed by atoms with E-state index in [9.17, 15) is 5.11 Å². The molecule has 2 aliphatic rings. The first kappa shape index (κ1) is 19.8. The molecule has 1 saturated carbocycles. The Kier molecular flexibility index (Phi) is 5.48. The first-order valence-electron chi connectivity index (χ1n) is 9.20. The van der Waals surface area contributed by atoms with Crippen molar-refractivity contribution in [3.05, 3.63) is 22.4 Å². The van der Waals surface area contributed by atoms with Crippen molar-refractivity contribution in [2.45, 2.75) is 48.1 Å². The number of hydrogen-bond donors (Lipinski definition) is 3. The Labute approximate surface area is 177 Å². The van der Waals surface area contributed by atoms with Gasteiger partial charge in [-0.25, -0.2) is 15.0 Å². The maximum atomic E-state index is 9.89. The van der Waals surface area contributed by atoms with E-state index in [1.54, 1.807) is 12.3 Å². The minimum atomic E-state index is -0.138. The van der Waals surface area contributed by atoms with Crippen LogP contribution in [0.15, 0.2) is 22.2 Å². The van der Waals surface area contributed by atoms with Gasteiger partial charge in [0.15, 0.2) is 11.0 Å². The maximum absolute atomic E-state index is 9.89. The highest BCUT2D eigenvalue weighted by atomic mass is 35.5. The molecule has 0 amide bonds. The number of hydrogen-bond acceptors (Lipinski definition) is 8. The zero-order valence-electron chi connectivity index (χ0n) is 15.2. The standard InChI is InChI=1S/C18H22Cl2N6OS/c19-14-11(7-12(21)24-15(14)20)28-17-16(22)25-13(9-23-17)26-5-3-18(4-6-26)2-1-10(27)8-18/h7,9-10,27H,1-6,8H2,(H2,21,24)(H2,22,25)/t10-/m1/s1. The zero-order valence-corrected chi connectivity index (χ0v) is 17.6. The molecule has 28 heavy (non-hydrogen) atoms. The number of halogens is 2. The van der Waals surface area contributed by atoms with Crippen LogP contribution >= 0.6 is 35.0 Å². The van der Waals surface area contributed by atoms with Crippen molar-refractivity contribution in [2.24, 2.45) is 5.41 Å². The molecule has 1 saturated heterocycles. The average molecular weight is 441 g/mol. The van der Waals surface area contributed by atoms with Crippen LogP contribution in [0, 0.1) is 5.41 Å². The molecule has 1 spiro atoms. The second kappa shape index (κ2) is 7.74. The SMILES string of the molecule is Nc1cc(Sc2ncc(N3CCC4(CC[C@@H](O)C4)CC3)nc2N)c(Cl)c(Cl)n1. The topological polar surface area (TPSA) is 114 Å². The zero-order chi connectivity index (χ0) is 19.9. The fraction of sp³-hybridized carbons (Fsp3) is 0.500. The first-order chi connectivity index (χ1) is 13.3. The monoisotopic (exact) mass is 440 g/mol. The number of aromatic nitrogens is 3. The van der Waals surface area contributed by atoms with Crippen molar-refractivity contribution in [3.63, 3.8) is 0 Å². The molecule has 150 valence electrons. The van der Waals surface area contributed by atoms with Gasteiger partial charge in [0, 0.05) is 18.0 Å². The van der Waals surface area contributed by atoms with E-state index < -0.39 is 0 Å². The Morgan fingerprint density at radius 1 is 1.18 bits per heavy atom. The Morgan fingerprint density at radius 2 is 1.93 bits per heavy atom. The van der Waals surface area contributed by atoms with Gasteiger partial charge in [0.1, 0.15) is 16.7 Å². The molecule has 2 aromatic heterocycles. The number of piperidine rings is 1. The van der Waals surface area contributed by atoms with E-state index in [4.69, 9.17) is 34.7 Å². The maximum Gasteiger partial charge on any atom is 0.158 e. The summed E-state index contributed by atoms with van der Waals surface area (Å²) in [7, 11) is 0. The smallest absolute Gasteiger partial charge is 0.158 e. The van der Waals surface area contributed by atoms with Gasteiger partial charge in [-0.05, 0) is 43.6 Å². The quantitative estimate of drug-likeness (QED) is 0.619. The molecule has 3 heterocycles. The molecule has 1 atom stereocenters. The van der Waals surface area contributed by atoms with Crippen LogP contribution in [0.5, 0.6) is 0 Å². The molecule has 1 aliphatic carbocycles. The lowest BCUT2D eigenvalue weighted by Gasteiger charge is -2.39. The van der Waals surface area contributed by atoms with E-state index in [1.165, 1.54) is 11.8 Å². The van der Waals surface area contributed by atoms with Crippen LogP contribution < -0.4 is 16.4 Å². The van der Waals surface area contributed by atoms with Gasteiger partial charge in [0.05, 0.1) is 17.3 Å². The molecule has 2 fully saturated rings. The molecule has 1 aliphatic heterocycles. The minimum Gasteiger partial charge on any atom is -0.393 e. The molecule has 4 rings (SSSR count). The number of aliphatic hydroxyl groups excluding tert-OH is 1. The summed E-state index contributed by atoms with van der Waals surface area (Å²) in [4.78, 5) is 15.8. The number of nitrogens with two attached hydrogens (primary N) is 2. The highest BCUT2D eigenvalue weighted by Gasteiger charge is 2.41. The van der Waals surface area contributed by atoms with Crippen LogP contribution in [0.1, 0.15) is 32.1 Å². The summed E-state index contributed by atoms with van der Waals surface area (Å²) in [6.07, 6.45) is 6.68. The molecule has 5 N–H and O–H groups in total. The molecule has 7 nitrogen and oxygen atoms in total. The van der Waals surface area contributed by atoms with Crippen LogP contribution in [-0.2, 0) is 0 Å². The third-order valence-corrected chi connectivity index (χ3v) is 7.60. The highest BCUT2D eigenvalue weighted by molar-refractivity contribution is 7.99. The number of nitrogens with zero attached hydrogens (tertiary/aromatic N) is 4. The summed E-state index contributed by atoms with van der Waals surface area (Å²) >= 11 is 13.4. The molecule has 0 aromatic carbocycles. The molecular weight excluding hydrogens is 419 g/mol. The van der Waals surface area contributed by atoms with Crippen LogP contribution in [0.2, 0.25) is 10.2 Å². The predicted molar refractivity (Wildman–Crippen MR) is 113 cm³/mol. The second-order valence-electron chi connectivity index (χ2n) is 7.55. The summed E-state index contributed by atoms with van der Waals surface area (Å²) in [5, 5.41) is 10.9. The van der Waals surface area contributed by atoms with E-state index in [0.29, 0.717) is 26.2 Å². The molecular formula is C18H22Cl2N6OS. The van der Waals surface area contributed by atoms with Crippen molar-refractivity contribution >= 4 is 52.4 Å². The first-order valence-corrected chi connectivity index (χ1v) is 10.8. The average Bonchev–Trinajstić information content (AvgIpc) is 3.01. The lowest BCUT2D eigenvalue weighted by molar-refractivity contribution is 0.144. The minimum absolute atomic E-state index is 0.138. The number of aliphatic hydroxyl groups is 1. The van der Waals surface area contributed by atoms with E-state index in [0.717, 1.165) is 51.0 Å². The summed E-state index contributed by atoms with van der Waals surface area (Å²) in [6, 6.07) is 1.63.